The number of hydrogen-bond acceptors (Lipinski definition) is 4. The minimum atomic E-state index is -2.91. The first-order valence-corrected chi connectivity index (χ1v) is 9.62. The Kier molecular flexibility index (Phi) is 7.02. The van der Waals surface area contributed by atoms with Gasteiger partial charge in [-0.15, -0.1) is 0 Å². The first-order valence-electron chi connectivity index (χ1n) is 9.62. The zero-order chi connectivity index (χ0) is 19.9. The van der Waals surface area contributed by atoms with Gasteiger partial charge in [-0.3, -0.25) is 9.69 Å². The maximum absolute atomic E-state index is 12.4. The van der Waals surface area contributed by atoms with E-state index in [9.17, 15) is 18.4 Å². The highest BCUT2D eigenvalue weighted by Gasteiger charge is 2.25. The second-order valence-corrected chi connectivity index (χ2v) is 7.04. The van der Waals surface area contributed by atoms with Crippen LogP contribution < -0.4 is 10.1 Å². The highest BCUT2D eigenvalue weighted by molar-refractivity contribution is 5.89. The van der Waals surface area contributed by atoms with E-state index >= 15 is 0 Å². The van der Waals surface area contributed by atoms with Crippen LogP contribution in [0.5, 0.6) is 5.75 Å². The number of nitrogens with one attached hydrogen (secondary N) is 1. The van der Waals surface area contributed by atoms with Crippen molar-refractivity contribution in [2.45, 2.75) is 25.9 Å². The Labute approximate surface area is 163 Å². The molecule has 0 bridgehead atoms. The van der Waals surface area contributed by atoms with Gasteiger partial charge in [-0.05, 0) is 31.4 Å². The molecule has 2 aliphatic heterocycles. The second-order valence-electron chi connectivity index (χ2n) is 7.04. The van der Waals surface area contributed by atoms with E-state index < -0.39 is 6.61 Å². The molecule has 2 saturated heterocycles. The average molecular weight is 396 g/mol. The predicted molar refractivity (Wildman–Crippen MR) is 101 cm³/mol. The van der Waals surface area contributed by atoms with E-state index in [1.165, 1.54) is 24.6 Å². The normalized spacial score (nSPS) is 18.2. The molecule has 0 aromatic heterocycles. The number of halogens is 2. The van der Waals surface area contributed by atoms with Crippen LogP contribution in [0.3, 0.4) is 0 Å². The van der Waals surface area contributed by atoms with Gasteiger partial charge in [0.1, 0.15) is 5.75 Å². The Bertz CT molecular complexity index is 675. The number of alkyl halides is 2. The molecule has 1 aromatic carbocycles. The van der Waals surface area contributed by atoms with Crippen LogP contribution in [0.4, 0.5) is 19.3 Å². The zero-order valence-electron chi connectivity index (χ0n) is 15.8. The number of anilines is 1. The molecule has 2 aliphatic rings. The summed E-state index contributed by atoms with van der Waals surface area (Å²) in [6, 6.07) is 5.62. The van der Waals surface area contributed by atoms with Gasteiger partial charge in [-0.25, -0.2) is 4.79 Å². The smallest absolute Gasteiger partial charge is 0.387 e. The third-order valence-corrected chi connectivity index (χ3v) is 5.04. The number of piperazine rings is 1. The van der Waals surface area contributed by atoms with Crippen LogP contribution in [0.1, 0.15) is 19.3 Å². The van der Waals surface area contributed by atoms with Gasteiger partial charge in [0, 0.05) is 51.0 Å². The van der Waals surface area contributed by atoms with Crippen LogP contribution in [0.25, 0.3) is 0 Å². The summed E-state index contributed by atoms with van der Waals surface area (Å²) >= 11 is 0. The summed E-state index contributed by atoms with van der Waals surface area (Å²) in [5, 5.41) is 2.70. The van der Waals surface area contributed by atoms with Crippen molar-refractivity contribution in [1.29, 1.82) is 0 Å². The van der Waals surface area contributed by atoms with Gasteiger partial charge in [-0.2, -0.15) is 8.78 Å². The van der Waals surface area contributed by atoms with Crippen molar-refractivity contribution in [3.05, 3.63) is 24.3 Å². The van der Waals surface area contributed by atoms with E-state index in [0.29, 0.717) is 38.4 Å². The lowest BCUT2D eigenvalue weighted by Gasteiger charge is -2.36. The van der Waals surface area contributed by atoms with Crippen molar-refractivity contribution in [1.82, 2.24) is 14.7 Å². The van der Waals surface area contributed by atoms with E-state index in [-0.39, 0.29) is 17.7 Å². The van der Waals surface area contributed by atoms with Crippen molar-refractivity contribution in [3.8, 4) is 5.75 Å². The summed E-state index contributed by atoms with van der Waals surface area (Å²) < 4.78 is 28.9. The van der Waals surface area contributed by atoms with Crippen molar-refractivity contribution in [2.75, 3.05) is 51.1 Å². The van der Waals surface area contributed by atoms with Crippen molar-refractivity contribution < 1.29 is 23.1 Å². The number of likely N-dealkylation sites (tertiary alicyclic amines) is 1. The fraction of sp³-hybridized carbons (Fsp3) is 0.579. The standard InChI is InChI=1S/C19H26F2N4O3/c20-18(21)28-16-6-4-5-15(13-16)22-19(27)25-11-9-23(10-12-25)14-17(26)24-7-2-1-3-8-24/h4-6,13,18H,1-3,7-12,14H2,(H,22,27). The molecule has 0 radical (unpaired) electrons. The topological polar surface area (TPSA) is 65.1 Å². The minimum Gasteiger partial charge on any atom is -0.435 e. The van der Waals surface area contributed by atoms with Crippen LogP contribution in [-0.4, -0.2) is 79.1 Å². The number of carbonyl (C=O) groups excluding carboxylic acids is 2. The predicted octanol–water partition coefficient (Wildman–Crippen LogP) is 2.45. The molecule has 28 heavy (non-hydrogen) atoms. The van der Waals surface area contributed by atoms with Gasteiger partial charge < -0.3 is 19.9 Å². The summed E-state index contributed by atoms with van der Waals surface area (Å²) in [5.74, 6) is 0.155. The SMILES string of the molecule is O=C(CN1CCN(C(=O)Nc2cccc(OC(F)F)c2)CC1)N1CCCCC1. The molecule has 154 valence electrons. The van der Waals surface area contributed by atoms with Crippen LogP contribution in [0.15, 0.2) is 24.3 Å². The van der Waals surface area contributed by atoms with Gasteiger partial charge in [0.2, 0.25) is 5.91 Å². The highest BCUT2D eigenvalue weighted by Crippen LogP contribution is 2.20. The monoisotopic (exact) mass is 396 g/mol. The number of amides is 3. The summed E-state index contributed by atoms with van der Waals surface area (Å²) in [4.78, 5) is 30.4. The van der Waals surface area contributed by atoms with Crippen molar-refractivity contribution >= 4 is 17.6 Å². The lowest BCUT2D eigenvalue weighted by Crippen LogP contribution is -2.52. The summed E-state index contributed by atoms with van der Waals surface area (Å²) in [6.07, 6.45) is 3.33. The van der Waals surface area contributed by atoms with E-state index in [2.05, 4.69) is 15.0 Å². The lowest BCUT2D eigenvalue weighted by atomic mass is 10.1. The Morgan fingerprint density at radius 3 is 2.39 bits per heavy atom. The number of hydrogen-bond donors (Lipinski definition) is 1. The molecule has 0 aliphatic carbocycles. The number of carbonyl (C=O) groups is 2. The summed E-state index contributed by atoms with van der Waals surface area (Å²) in [6.45, 7) is 1.43. The summed E-state index contributed by atoms with van der Waals surface area (Å²) in [7, 11) is 0. The third kappa shape index (κ3) is 5.79. The van der Waals surface area contributed by atoms with Crippen LogP contribution in [-0.2, 0) is 4.79 Å². The van der Waals surface area contributed by atoms with Crippen molar-refractivity contribution in [3.63, 3.8) is 0 Å². The largest absolute Gasteiger partial charge is 0.435 e. The van der Waals surface area contributed by atoms with Gasteiger partial charge >= 0.3 is 12.6 Å². The quantitative estimate of drug-likeness (QED) is 0.830. The Hall–Kier alpha value is -2.42. The molecule has 3 rings (SSSR count). The van der Waals surface area contributed by atoms with E-state index in [4.69, 9.17) is 0 Å². The Morgan fingerprint density at radius 1 is 1.00 bits per heavy atom. The van der Waals surface area contributed by atoms with Gasteiger partial charge in [0.25, 0.3) is 0 Å². The molecule has 0 unspecified atom stereocenters. The van der Waals surface area contributed by atoms with Gasteiger partial charge in [-0.1, -0.05) is 6.07 Å². The molecule has 1 N–H and O–H groups in total. The fourth-order valence-electron chi connectivity index (χ4n) is 3.50. The van der Waals surface area contributed by atoms with E-state index in [1.807, 2.05) is 4.90 Å². The first kappa shape index (κ1) is 20.3. The van der Waals surface area contributed by atoms with Crippen molar-refractivity contribution in [2.24, 2.45) is 0 Å². The number of benzene rings is 1. The van der Waals surface area contributed by atoms with Crippen LogP contribution >= 0.6 is 0 Å². The molecule has 7 nitrogen and oxygen atoms in total. The molecule has 0 saturated carbocycles. The molecule has 1 aromatic rings. The number of ether oxygens (including phenoxy) is 1. The minimum absolute atomic E-state index is 0.00570. The number of nitrogens with zero attached hydrogens (tertiary/aromatic N) is 3. The Morgan fingerprint density at radius 2 is 1.71 bits per heavy atom. The van der Waals surface area contributed by atoms with Crippen LogP contribution in [0.2, 0.25) is 0 Å². The summed E-state index contributed by atoms with van der Waals surface area (Å²) in [5.41, 5.74) is 0.394. The van der Waals surface area contributed by atoms with Gasteiger partial charge in [0.05, 0.1) is 6.54 Å². The second kappa shape index (κ2) is 9.68. The first-order chi connectivity index (χ1) is 13.5. The molecule has 3 amide bonds. The average Bonchev–Trinajstić information content (AvgIpc) is 2.69. The van der Waals surface area contributed by atoms with E-state index in [0.717, 1.165) is 25.9 Å². The Balaban J connectivity index is 1.44. The zero-order valence-corrected chi connectivity index (χ0v) is 15.8. The lowest BCUT2D eigenvalue weighted by molar-refractivity contribution is -0.133. The molecule has 2 heterocycles. The molecule has 9 heteroatoms. The molecule has 2 fully saturated rings. The molecular formula is C19H26F2N4O3. The molecular weight excluding hydrogens is 370 g/mol. The number of rotatable bonds is 5. The molecule has 0 atom stereocenters. The maximum Gasteiger partial charge on any atom is 0.387 e. The number of piperidine rings is 1. The number of urea groups is 1. The van der Waals surface area contributed by atoms with Crippen LogP contribution in [0, 0.1) is 0 Å². The highest BCUT2D eigenvalue weighted by atomic mass is 19.3. The maximum atomic E-state index is 12.4. The van der Waals surface area contributed by atoms with Gasteiger partial charge in [0.15, 0.2) is 0 Å². The van der Waals surface area contributed by atoms with E-state index in [1.54, 1.807) is 11.0 Å². The molecule has 0 spiro atoms. The fourth-order valence-corrected chi connectivity index (χ4v) is 3.50. The third-order valence-electron chi connectivity index (χ3n) is 5.04.